The molecule has 0 saturated carbocycles. The van der Waals surface area contributed by atoms with E-state index in [-0.39, 0.29) is 11.5 Å². The number of amides is 1. The first-order chi connectivity index (χ1) is 8.32. The fourth-order valence-electron chi connectivity index (χ4n) is 2.77. The van der Waals surface area contributed by atoms with Crippen molar-refractivity contribution in [2.45, 2.75) is 45.3 Å². The van der Waals surface area contributed by atoms with E-state index in [0.29, 0.717) is 13.1 Å². The maximum absolute atomic E-state index is 11.9. The summed E-state index contributed by atoms with van der Waals surface area (Å²) in [6.45, 7) is 8.44. The predicted octanol–water partition coefficient (Wildman–Crippen LogP) is 0.968. The highest BCUT2D eigenvalue weighted by molar-refractivity contribution is 5.68. The van der Waals surface area contributed by atoms with Gasteiger partial charge in [0.25, 0.3) is 0 Å². The molecule has 5 nitrogen and oxygen atoms in total. The lowest BCUT2D eigenvalue weighted by molar-refractivity contribution is -0.0454. The van der Waals surface area contributed by atoms with E-state index in [1.807, 2.05) is 20.8 Å². The van der Waals surface area contributed by atoms with Gasteiger partial charge in [-0.05, 0) is 40.2 Å². The number of carbonyl (C=O) groups is 1. The number of rotatable bonds is 0. The summed E-state index contributed by atoms with van der Waals surface area (Å²) in [6, 6.07) is 0. The van der Waals surface area contributed by atoms with Crippen molar-refractivity contribution in [3.05, 3.63) is 0 Å². The molecule has 0 aromatic carbocycles. The van der Waals surface area contributed by atoms with Crippen LogP contribution < -0.4 is 5.32 Å². The summed E-state index contributed by atoms with van der Waals surface area (Å²) in [4.78, 5) is 13.6. The predicted molar refractivity (Wildman–Crippen MR) is 68.4 cm³/mol. The molecule has 2 atom stereocenters. The molecule has 0 radical (unpaired) electrons. The van der Waals surface area contributed by atoms with Crippen molar-refractivity contribution in [3.63, 3.8) is 0 Å². The molecule has 0 aromatic heterocycles. The fraction of sp³-hybridized carbons (Fsp3) is 0.923. The Morgan fingerprint density at radius 3 is 2.67 bits per heavy atom. The van der Waals surface area contributed by atoms with Crippen molar-refractivity contribution >= 4 is 6.09 Å². The topological polar surface area (TPSA) is 61.8 Å². The summed E-state index contributed by atoms with van der Waals surface area (Å²) in [6.07, 6.45) is 1.08. The van der Waals surface area contributed by atoms with Crippen LogP contribution in [0.15, 0.2) is 0 Å². The zero-order chi connectivity index (χ0) is 13.4. The highest BCUT2D eigenvalue weighted by atomic mass is 16.6. The number of carbonyl (C=O) groups excluding carboxylic acids is 1. The number of hydrogen-bond donors (Lipinski definition) is 2. The number of β-amino-alcohol motifs (C(OH)–C–C–N with tert-alkyl or cyclic N) is 1. The van der Waals surface area contributed by atoms with Crippen molar-refractivity contribution in [1.29, 1.82) is 0 Å². The number of likely N-dealkylation sites (tertiary alicyclic amines) is 1. The van der Waals surface area contributed by atoms with Crippen molar-refractivity contribution in [1.82, 2.24) is 10.2 Å². The summed E-state index contributed by atoms with van der Waals surface area (Å²) >= 11 is 0. The molecule has 2 N–H and O–H groups in total. The lowest BCUT2D eigenvalue weighted by Crippen LogP contribution is -2.54. The van der Waals surface area contributed by atoms with E-state index in [0.717, 1.165) is 25.9 Å². The summed E-state index contributed by atoms with van der Waals surface area (Å²) < 4.78 is 5.34. The van der Waals surface area contributed by atoms with Gasteiger partial charge in [0.1, 0.15) is 5.60 Å². The Morgan fingerprint density at radius 1 is 1.44 bits per heavy atom. The average molecular weight is 256 g/mol. The van der Waals surface area contributed by atoms with Gasteiger partial charge in [-0.2, -0.15) is 0 Å². The number of aliphatic hydroxyl groups excluding tert-OH is 1. The average Bonchev–Trinajstić information content (AvgIpc) is 2.69. The largest absolute Gasteiger partial charge is 0.444 e. The van der Waals surface area contributed by atoms with Crippen LogP contribution in [0.1, 0.15) is 33.6 Å². The molecule has 1 spiro atoms. The van der Waals surface area contributed by atoms with Crippen molar-refractivity contribution in [2.75, 3.05) is 26.2 Å². The first kappa shape index (κ1) is 13.6. The van der Waals surface area contributed by atoms with Gasteiger partial charge in [-0.1, -0.05) is 0 Å². The fourth-order valence-corrected chi connectivity index (χ4v) is 2.77. The van der Waals surface area contributed by atoms with E-state index in [2.05, 4.69) is 5.32 Å². The molecule has 0 bridgehead atoms. The van der Waals surface area contributed by atoms with Gasteiger partial charge in [-0.3, -0.25) is 0 Å². The molecule has 2 saturated heterocycles. The van der Waals surface area contributed by atoms with Crippen LogP contribution in [-0.2, 0) is 4.74 Å². The van der Waals surface area contributed by atoms with Gasteiger partial charge in [0.15, 0.2) is 0 Å². The molecule has 2 unspecified atom stereocenters. The summed E-state index contributed by atoms with van der Waals surface area (Å²) in [7, 11) is 0. The maximum atomic E-state index is 11.9. The second-order valence-corrected chi connectivity index (χ2v) is 6.48. The maximum Gasteiger partial charge on any atom is 0.410 e. The van der Waals surface area contributed by atoms with E-state index < -0.39 is 11.7 Å². The van der Waals surface area contributed by atoms with Crippen molar-refractivity contribution in [3.8, 4) is 0 Å². The monoisotopic (exact) mass is 256 g/mol. The number of nitrogens with one attached hydrogen (secondary N) is 1. The van der Waals surface area contributed by atoms with Crippen LogP contribution in [0, 0.1) is 5.41 Å². The quantitative estimate of drug-likeness (QED) is 0.678. The van der Waals surface area contributed by atoms with Gasteiger partial charge >= 0.3 is 6.09 Å². The molecule has 2 rings (SSSR count). The summed E-state index contributed by atoms with van der Waals surface area (Å²) in [5, 5.41) is 13.6. The lowest BCUT2D eigenvalue weighted by atomic mass is 9.75. The third-order valence-electron chi connectivity index (χ3n) is 3.91. The number of ether oxygens (including phenoxy) is 1. The van der Waals surface area contributed by atoms with E-state index in [4.69, 9.17) is 4.74 Å². The molecule has 0 aliphatic carbocycles. The minimum Gasteiger partial charge on any atom is -0.444 e. The molecule has 18 heavy (non-hydrogen) atoms. The Labute approximate surface area is 108 Å². The molecular weight excluding hydrogens is 232 g/mol. The Kier molecular flexibility index (Phi) is 3.56. The van der Waals surface area contributed by atoms with Crippen molar-refractivity contribution in [2.24, 2.45) is 5.41 Å². The van der Waals surface area contributed by atoms with Crippen LogP contribution in [0.25, 0.3) is 0 Å². The standard InChI is InChI=1S/C13H24N2O3/c1-12(2,3)18-11(17)15-7-5-13(10(16)8-15)4-6-14-9-13/h10,14,16H,4-9H2,1-3H3. The number of hydrogen-bond acceptors (Lipinski definition) is 4. The second-order valence-electron chi connectivity index (χ2n) is 6.48. The Balaban J connectivity index is 1.94. The Bertz CT molecular complexity index is 319. The van der Waals surface area contributed by atoms with Crippen LogP contribution in [-0.4, -0.2) is 54.0 Å². The minimum atomic E-state index is -0.480. The Hall–Kier alpha value is -0.810. The molecular formula is C13H24N2O3. The molecule has 2 aliphatic rings. The van der Waals surface area contributed by atoms with Crippen LogP contribution in [0.5, 0.6) is 0 Å². The zero-order valence-electron chi connectivity index (χ0n) is 11.5. The van der Waals surface area contributed by atoms with E-state index in [1.165, 1.54) is 0 Å². The SMILES string of the molecule is CC(C)(C)OC(=O)N1CCC2(CCNC2)C(O)C1. The minimum absolute atomic E-state index is 0.0293. The highest BCUT2D eigenvalue weighted by Crippen LogP contribution is 2.37. The third-order valence-corrected chi connectivity index (χ3v) is 3.91. The molecule has 2 aliphatic heterocycles. The van der Waals surface area contributed by atoms with E-state index >= 15 is 0 Å². The normalized spacial score (nSPS) is 32.9. The molecule has 2 fully saturated rings. The lowest BCUT2D eigenvalue weighted by Gasteiger charge is -2.43. The van der Waals surface area contributed by atoms with Gasteiger partial charge < -0.3 is 20.1 Å². The molecule has 5 heteroatoms. The van der Waals surface area contributed by atoms with Gasteiger partial charge in [0.05, 0.1) is 12.6 Å². The van der Waals surface area contributed by atoms with Crippen LogP contribution in [0.2, 0.25) is 0 Å². The molecule has 104 valence electrons. The third kappa shape index (κ3) is 2.78. The molecule has 0 aromatic rings. The summed E-state index contributed by atoms with van der Waals surface area (Å²) in [5.74, 6) is 0. The van der Waals surface area contributed by atoms with E-state index in [1.54, 1.807) is 4.90 Å². The van der Waals surface area contributed by atoms with Crippen LogP contribution in [0.4, 0.5) is 4.79 Å². The van der Waals surface area contributed by atoms with Gasteiger partial charge in [0.2, 0.25) is 0 Å². The van der Waals surface area contributed by atoms with Crippen LogP contribution in [0.3, 0.4) is 0 Å². The van der Waals surface area contributed by atoms with Gasteiger partial charge in [-0.25, -0.2) is 4.79 Å². The number of piperidine rings is 1. The van der Waals surface area contributed by atoms with Crippen LogP contribution >= 0.6 is 0 Å². The first-order valence-electron chi connectivity index (χ1n) is 6.69. The van der Waals surface area contributed by atoms with Gasteiger partial charge in [-0.15, -0.1) is 0 Å². The summed E-state index contributed by atoms with van der Waals surface area (Å²) in [5.41, 5.74) is -0.509. The molecule has 2 heterocycles. The van der Waals surface area contributed by atoms with Crippen molar-refractivity contribution < 1.29 is 14.6 Å². The van der Waals surface area contributed by atoms with E-state index in [9.17, 15) is 9.90 Å². The number of aliphatic hydroxyl groups is 1. The second kappa shape index (κ2) is 4.70. The highest BCUT2D eigenvalue weighted by Gasteiger charge is 2.45. The molecule has 1 amide bonds. The zero-order valence-corrected chi connectivity index (χ0v) is 11.5. The first-order valence-corrected chi connectivity index (χ1v) is 6.69. The smallest absolute Gasteiger partial charge is 0.410 e. The number of nitrogens with zero attached hydrogens (tertiary/aromatic N) is 1. The Morgan fingerprint density at radius 2 is 2.17 bits per heavy atom. The van der Waals surface area contributed by atoms with Gasteiger partial charge in [0, 0.05) is 18.5 Å².